The number of hydrogen-bond acceptors (Lipinski definition) is 3. The monoisotopic (exact) mass is 279 g/mol. The Morgan fingerprint density at radius 3 is 2.05 bits per heavy atom. The highest BCUT2D eigenvalue weighted by atomic mass is 16.9. The Hall–Kier alpha value is -1.06. The van der Waals surface area contributed by atoms with Gasteiger partial charge in [0.25, 0.3) is 0 Å². The normalized spacial score (nSPS) is 10.8. The second kappa shape index (κ2) is 9.78. The van der Waals surface area contributed by atoms with E-state index in [2.05, 4.69) is 45.9 Å². The van der Waals surface area contributed by atoms with Crippen LogP contribution in [0.5, 0.6) is 0 Å². The molecule has 1 rings (SSSR count). The fraction of sp³-hybridized carbons (Fsp3) is 0.647. The Balaban J connectivity index is 2.73. The Morgan fingerprint density at radius 1 is 0.950 bits per heavy atom. The highest BCUT2D eigenvalue weighted by molar-refractivity contribution is 5.47. The van der Waals surface area contributed by atoms with Gasteiger partial charge in [0.15, 0.2) is 0 Å². The molecule has 0 saturated carbocycles. The third-order valence-electron chi connectivity index (χ3n) is 3.34. The van der Waals surface area contributed by atoms with Gasteiger partial charge < -0.3 is 0 Å². The predicted octanol–water partition coefficient (Wildman–Crippen LogP) is 4.83. The minimum Gasteiger partial charge on any atom is -0.249 e. The highest BCUT2D eigenvalue weighted by Crippen LogP contribution is 2.21. The Labute approximate surface area is 123 Å². The van der Waals surface area contributed by atoms with Gasteiger partial charge in [-0.15, -0.1) is 5.23 Å². The molecule has 0 radical (unpaired) electrons. The summed E-state index contributed by atoms with van der Waals surface area (Å²) in [4.78, 5) is 11.5. The number of unbranched alkanes of at least 4 members (excludes halogenated alkanes) is 2. The Bertz CT molecular complexity index is 369. The van der Waals surface area contributed by atoms with Crippen LogP contribution in [0.4, 0.5) is 5.69 Å². The zero-order valence-electron chi connectivity index (χ0n) is 13.4. The summed E-state index contributed by atoms with van der Waals surface area (Å²) in [7, 11) is 0. The second-order valence-electron chi connectivity index (χ2n) is 5.10. The van der Waals surface area contributed by atoms with Crippen LogP contribution in [0, 0.1) is 6.92 Å². The SMILES string of the molecule is CCCCON(OCCCC)c1ccc(C)c(CC)c1. The van der Waals surface area contributed by atoms with E-state index in [1.807, 2.05) is 0 Å². The van der Waals surface area contributed by atoms with Crippen LogP contribution in [0.2, 0.25) is 0 Å². The molecular formula is C17H29NO2. The molecule has 0 fully saturated rings. The van der Waals surface area contributed by atoms with Gasteiger partial charge in [-0.25, -0.2) is 9.68 Å². The van der Waals surface area contributed by atoms with Gasteiger partial charge in [0.1, 0.15) is 0 Å². The summed E-state index contributed by atoms with van der Waals surface area (Å²) in [6.07, 6.45) is 5.35. The molecule has 1 aromatic rings. The molecule has 0 heterocycles. The summed E-state index contributed by atoms with van der Waals surface area (Å²) < 4.78 is 0. The minimum atomic E-state index is 0.692. The summed E-state index contributed by atoms with van der Waals surface area (Å²) in [5.41, 5.74) is 3.64. The number of rotatable bonds is 10. The van der Waals surface area contributed by atoms with Gasteiger partial charge in [-0.3, -0.25) is 0 Å². The van der Waals surface area contributed by atoms with Gasteiger partial charge in [0, 0.05) is 0 Å². The summed E-state index contributed by atoms with van der Waals surface area (Å²) in [6, 6.07) is 6.35. The molecule has 0 amide bonds. The fourth-order valence-corrected chi connectivity index (χ4v) is 1.92. The van der Waals surface area contributed by atoms with Crippen LogP contribution >= 0.6 is 0 Å². The van der Waals surface area contributed by atoms with Gasteiger partial charge in [0.2, 0.25) is 0 Å². The van der Waals surface area contributed by atoms with Gasteiger partial charge >= 0.3 is 0 Å². The largest absolute Gasteiger partial charge is 0.249 e. The van der Waals surface area contributed by atoms with E-state index in [1.54, 1.807) is 5.23 Å². The molecule has 0 saturated heterocycles. The van der Waals surface area contributed by atoms with E-state index in [-0.39, 0.29) is 0 Å². The first-order valence-corrected chi connectivity index (χ1v) is 7.88. The number of anilines is 1. The van der Waals surface area contributed by atoms with E-state index in [1.165, 1.54) is 11.1 Å². The average Bonchev–Trinajstić information content (AvgIpc) is 2.47. The summed E-state index contributed by atoms with van der Waals surface area (Å²) in [5.74, 6) is 0. The molecule has 1 aromatic carbocycles. The molecular weight excluding hydrogens is 250 g/mol. The van der Waals surface area contributed by atoms with Crippen molar-refractivity contribution in [3.8, 4) is 0 Å². The number of hydrogen-bond donors (Lipinski definition) is 0. The molecule has 20 heavy (non-hydrogen) atoms. The smallest absolute Gasteiger partial charge is 0.0950 e. The summed E-state index contributed by atoms with van der Waals surface area (Å²) in [6.45, 7) is 10.0. The van der Waals surface area contributed by atoms with Crippen LogP contribution < -0.4 is 5.23 Å². The molecule has 114 valence electrons. The third kappa shape index (κ3) is 5.51. The maximum Gasteiger partial charge on any atom is 0.0950 e. The van der Waals surface area contributed by atoms with Crippen molar-refractivity contribution in [1.29, 1.82) is 0 Å². The molecule has 0 aliphatic carbocycles. The highest BCUT2D eigenvalue weighted by Gasteiger charge is 2.10. The lowest BCUT2D eigenvalue weighted by molar-refractivity contribution is -0.0910. The van der Waals surface area contributed by atoms with Crippen molar-refractivity contribution in [2.24, 2.45) is 0 Å². The molecule has 0 aliphatic rings. The van der Waals surface area contributed by atoms with Gasteiger partial charge in [-0.05, 0) is 49.4 Å². The van der Waals surface area contributed by atoms with Crippen molar-refractivity contribution < 1.29 is 9.68 Å². The molecule has 3 nitrogen and oxygen atoms in total. The van der Waals surface area contributed by atoms with Crippen LogP contribution in [0.1, 0.15) is 57.6 Å². The van der Waals surface area contributed by atoms with Crippen LogP contribution in [-0.2, 0) is 16.1 Å². The summed E-state index contributed by atoms with van der Waals surface area (Å²) >= 11 is 0. The lowest BCUT2D eigenvalue weighted by Crippen LogP contribution is -2.25. The topological polar surface area (TPSA) is 21.7 Å². The van der Waals surface area contributed by atoms with E-state index in [4.69, 9.17) is 9.68 Å². The second-order valence-corrected chi connectivity index (χ2v) is 5.10. The van der Waals surface area contributed by atoms with Crippen LogP contribution in [0.15, 0.2) is 18.2 Å². The number of nitrogens with zero attached hydrogens (tertiary/aromatic N) is 1. The molecule has 0 aliphatic heterocycles. The maximum absolute atomic E-state index is 5.77. The molecule has 0 spiro atoms. The standard InChI is InChI=1S/C17H29NO2/c1-5-8-12-19-18(20-13-9-6-2)17-11-10-15(4)16(7-3)14-17/h10-11,14H,5-9,12-13H2,1-4H3. The van der Waals surface area contributed by atoms with E-state index in [0.717, 1.165) is 37.8 Å². The van der Waals surface area contributed by atoms with Crippen LogP contribution in [0.3, 0.4) is 0 Å². The van der Waals surface area contributed by atoms with Crippen molar-refractivity contribution in [3.63, 3.8) is 0 Å². The van der Waals surface area contributed by atoms with E-state index in [0.29, 0.717) is 13.2 Å². The first-order chi connectivity index (χ1) is 9.72. The molecule has 0 unspecified atom stereocenters. The minimum absolute atomic E-state index is 0.692. The van der Waals surface area contributed by atoms with Crippen LogP contribution in [-0.4, -0.2) is 13.2 Å². The molecule has 0 bridgehead atoms. The lowest BCUT2D eigenvalue weighted by Gasteiger charge is -2.23. The molecule has 3 heteroatoms. The van der Waals surface area contributed by atoms with Crippen LogP contribution in [0.25, 0.3) is 0 Å². The first-order valence-electron chi connectivity index (χ1n) is 7.88. The maximum atomic E-state index is 5.77. The lowest BCUT2D eigenvalue weighted by atomic mass is 10.1. The van der Waals surface area contributed by atoms with Crippen molar-refractivity contribution in [1.82, 2.24) is 0 Å². The molecule has 0 N–H and O–H groups in total. The zero-order valence-corrected chi connectivity index (χ0v) is 13.4. The van der Waals surface area contributed by atoms with Crippen molar-refractivity contribution in [3.05, 3.63) is 29.3 Å². The Morgan fingerprint density at radius 2 is 1.55 bits per heavy atom. The van der Waals surface area contributed by atoms with Crippen molar-refractivity contribution in [2.75, 3.05) is 18.4 Å². The first kappa shape index (κ1) is 17.0. The van der Waals surface area contributed by atoms with Gasteiger partial charge in [-0.2, -0.15) is 0 Å². The predicted molar refractivity (Wildman–Crippen MR) is 84.8 cm³/mol. The van der Waals surface area contributed by atoms with Crippen molar-refractivity contribution in [2.45, 2.75) is 59.8 Å². The van der Waals surface area contributed by atoms with Crippen molar-refractivity contribution >= 4 is 5.69 Å². The fourth-order valence-electron chi connectivity index (χ4n) is 1.92. The van der Waals surface area contributed by atoms with E-state index < -0.39 is 0 Å². The average molecular weight is 279 g/mol. The summed E-state index contributed by atoms with van der Waals surface area (Å²) in [5, 5.41) is 1.60. The van der Waals surface area contributed by atoms with Gasteiger partial charge in [0.05, 0.1) is 18.9 Å². The van der Waals surface area contributed by atoms with Gasteiger partial charge in [-0.1, -0.05) is 39.7 Å². The van der Waals surface area contributed by atoms with E-state index in [9.17, 15) is 0 Å². The molecule has 0 aromatic heterocycles. The molecule has 0 atom stereocenters. The quantitative estimate of drug-likeness (QED) is 0.452. The number of benzene rings is 1. The number of aryl methyl sites for hydroxylation is 2. The zero-order chi connectivity index (χ0) is 14.8. The Kier molecular flexibility index (Phi) is 8.31. The third-order valence-corrected chi connectivity index (χ3v) is 3.34. The van der Waals surface area contributed by atoms with E-state index >= 15 is 0 Å².